The highest BCUT2D eigenvalue weighted by Gasteiger charge is 2.11. The van der Waals surface area contributed by atoms with Crippen molar-refractivity contribution >= 4 is 9.84 Å². The van der Waals surface area contributed by atoms with Crippen LogP contribution in [0, 0.1) is 12.7 Å². The molecule has 0 radical (unpaired) electrons. The molecule has 108 valence electrons. The van der Waals surface area contributed by atoms with Gasteiger partial charge in [0.1, 0.15) is 5.82 Å². The van der Waals surface area contributed by atoms with E-state index in [9.17, 15) is 12.8 Å². The van der Waals surface area contributed by atoms with Crippen LogP contribution >= 0.6 is 0 Å². The first-order valence-electron chi connectivity index (χ1n) is 6.16. The molecule has 0 fully saturated rings. The van der Waals surface area contributed by atoms with Gasteiger partial charge >= 0.3 is 0 Å². The van der Waals surface area contributed by atoms with E-state index in [0.717, 1.165) is 0 Å². The van der Waals surface area contributed by atoms with Crippen LogP contribution < -0.4 is 0 Å². The fourth-order valence-electron chi connectivity index (χ4n) is 1.60. The molecule has 0 unspecified atom stereocenters. The molecule has 0 saturated carbocycles. The summed E-state index contributed by atoms with van der Waals surface area (Å²) in [4.78, 5) is 1.24. The van der Waals surface area contributed by atoms with Crippen molar-refractivity contribution in [3.8, 4) is 11.4 Å². The van der Waals surface area contributed by atoms with E-state index in [-0.39, 0.29) is 23.9 Å². The van der Waals surface area contributed by atoms with Crippen LogP contribution in [0.15, 0.2) is 18.2 Å². The Kier molecular flexibility index (Phi) is 4.12. The molecule has 2 aromatic rings. The lowest BCUT2D eigenvalue weighted by Gasteiger charge is -2.00. The third-order valence-corrected chi connectivity index (χ3v) is 4.60. The third-order valence-electron chi connectivity index (χ3n) is 2.91. The summed E-state index contributed by atoms with van der Waals surface area (Å²) in [7, 11) is -3.06. The zero-order valence-corrected chi connectivity index (χ0v) is 12.1. The Morgan fingerprint density at radius 3 is 2.75 bits per heavy atom. The van der Waals surface area contributed by atoms with Gasteiger partial charge in [-0.1, -0.05) is 6.92 Å². The van der Waals surface area contributed by atoms with E-state index < -0.39 is 9.84 Å². The van der Waals surface area contributed by atoms with Gasteiger partial charge in [0.25, 0.3) is 0 Å². The molecule has 1 aromatic carbocycles. The highest BCUT2D eigenvalue weighted by molar-refractivity contribution is 7.91. The fourth-order valence-corrected chi connectivity index (χ4v) is 2.33. The Hall–Kier alpha value is -1.83. The number of aromatic nitrogens is 4. The molecule has 0 spiro atoms. The lowest BCUT2D eigenvalue weighted by Crippen LogP contribution is -2.16. The molecule has 1 heterocycles. The summed E-state index contributed by atoms with van der Waals surface area (Å²) in [5, 5.41) is 11.7. The van der Waals surface area contributed by atoms with Crippen molar-refractivity contribution in [2.75, 3.05) is 11.5 Å². The van der Waals surface area contributed by atoms with E-state index >= 15 is 0 Å². The van der Waals surface area contributed by atoms with Crippen LogP contribution in [0.5, 0.6) is 0 Å². The molecule has 0 N–H and O–H groups in total. The number of benzene rings is 1. The summed E-state index contributed by atoms with van der Waals surface area (Å²) in [6.07, 6.45) is 0. The van der Waals surface area contributed by atoms with Gasteiger partial charge in [-0.25, -0.2) is 12.8 Å². The van der Waals surface area contributed by atoms with Crippen LogP contribution in [0.2, 0.25) is 0 Å². The number of tetrazole rings is 1. The molecule has 2 rings (SSSR count). The van der Waals surface area contributed by atoms with Gasteiger partial charge in [0.2, 0.25) is 5.82 Å². The topological polar surface area (TPSA) is 77.7 Å². The van der Waals surface area contributed by atoms with Gasteiger partial charge in [0, 0.05) is 11.3 Å². The van der Waals surface area contributed by atoms with Gasteiger partial charge in [0.15, 0.2) is 9.84 Å². The molecule has 0 atom stereocenters. The maximum Gasteiger partial charge on any atom is 0.204 e. The predicted octanol–water partition coefficient (Wildman–Crippen LogP) is 1.22. The van der Waals surface area contributed by atoms with Gasteiger partial charge in [-0.15, -0.1) is 10.2 Å². The molecule has 20 heavy (non-hydrogen) atoms. The SMILES string of the molecule is CCS(=O)(=O)CCn1nnc(-c2ccc(F)c(C)c2)n1. The molecule has 0 amide bonds. The second-order valence-corrected chi connectivity index (χ2v) is 6.88. The molecule has 0 bridgehead atoms. The van der Waals surface area contributed by atoms with Crippen molar-refractivity contribution < 1.29 is 12.8 Å². The van der Waals surface area contributed by atoms with E-state index in [1.165, 1.54) is 10.9 Å². The van der Waals surface area contributed by atoms with E-state index in [4.69, 9.17) is 0 Å². The minimum atomic E-state index is -3.06. The van der Waals surface area contributed by atoms with Crippen molar-refractivity contribution in [3.63, 3.8) is 0 Å². The molecule has 1 aromatic heterocycles. The number of sulfone groups is 1. The molecule has 6 nitrogen and oxygen atoms in total. The van der Waals surface area contributed by atoms with Crippen LogP contribution in [-0.4, -0.2) is 40.1 Å². The summed E-state index contributed by atoms with van der Waals surface area (Å²) < 4.78 is 36.0. The van der Waals surface area contributed by atoms with Crippen molar-refractivity contribution in [2.45, 2.75) is 20.4 Å². The van der Waals surface area contributed by atoms with Gasteiger partial charge < -0.3 is 0 Å². The van der Waals surface area contributed by atoms with Crippen LogP contribution in [-0.2, 0) is 16.4 Å². The van der Waals surface area contributed by atoms with Crippen molar-refractivity contribution in [1.82, 2.24) is 20.2 Å². The lowest BCUT2D eigenvalue weighted by molar-refractivity contribution is 0.538. The second kappa shape index (κ2) is 5.66. The Labute approximate surface area is 116 Å². The molecule has 0 aliphatic rings. The Morgan fingerprint density at radius 1 is 1.35 bits per heavy atom. The summed E-state index contributed by atoms with van der Waals surface area (Å²) in [6.45, 7) is 3.40. The average molecular weight is 298 g/mol. The van der Waals surface area contributed by atoms with E-state index in [1.807, 2.05) is 0 Å². The molecule has 0 aliphatic heterocycles. The third kappa shape index (κ3) is 3.38. The molecular weight excluding hydrogens is 283 g/mol. The van der Waals surface area contributed by atoms with E-state index in [1.54, 1.807) is 26.0 Å². The summed E-state index contributed by atoms with van der Waals surface area (Å²) >= 11 is 0. The van der Waals surface area contributed by atoms with Crippen LogP contribution in [0.4, 0.5) is 4.39 Å². The molecule has 0 aliphatic carbocycles. The number of aryl methyl sites for hydroxylation is 2. The maximum atomic E-state index is 13.2. The van der Waals surface area contributed by atoms with Crippen molar-refractivity contribution in [1.29, 1.82) is 0 Å². The highest BCUT2D eigenvalue weighted by atomic mass is 32.2. The zero-order valence-electron chi connectivity index (χ0n) is 11.2. The predicted molar refractivity (Wildman–Crippen MR) is 72.3 cm³/mol. The van der Waals surface area contributed by atoms with Gasteiger partial charge in [-0.05, 0) is 35.9 Å². The van der Waals surface area contributed by atoms with Gasteiger partial charge in [-0.3, -0.25) is 0 Å². The van der Waals surface area contributed by atoms with Crippen LogP contribution in [0.3, 0.4) is 0 Å². The van der Waals surface area contributed by atoms with Crippen molar-refractivity contribution in [3.05, 3.63) is 29.6 Å². The Morgan fingerprint density at radius 2 is 2.10 bits per heavy atom. The monoisotopic (exact) mass is 298 g/mol. The summed E-state index contributed by atoms with van der Waals surface area (Å²) in [5.41, 5.74) is 1.14. The maximum absolute atomic E-state index is 13.2. The lowest BCUT2D eigenvalue weighted by atomic mass is 10.1. The standard InChI is InChI=1S/C12H15FN4O2S/c1-3-20(18,19)7-6-17-15-12(14-16-17)10-4-5-11(13)9(2)8-10/h4-5,8H,3,6-7H2,1-2H3. The quantitative estimate of drug-likeness (QED) is 0.829. The molecule has 8 heteroatoms. The van der Waals surface area contributed by atoms with Crippen LogP contribution in [0.25, 0.3) is 11.4 Å². The average Bonchev–Trinajstić information content (AvgIpc) is 2.89. The Balaban J connectivity index is 2.14. The first-order valence-corrected chi connectivity index (χ1v) is 7.98. The summed E-state index contributed by atoms with van der Waals surface area (Å²) in [5.74, 6) is 0.116. The van der Waals surface area contributed by atoms with Gasteiger partial charge in [0.05, 0.1) is 12.3 Å². The number of nitrogens with zero attached hydrogens (tertiary/aromatic N) is 4. The fraction of sp³-hybridized carbons (Fsp3) is 0.417. The van der Waals surface area contributed by atoms with Crippen LogP contribution in [0.1, 0.15) is 12.5 Å². The van der Waals surface area contributed by atoms with Crippen molar-refractivity contribution in [2.24, 2.45) is 0 Å². The first-order chi connectivity index (χ1) is 9.41. The van der Waals surface area contributed by atoms with E-state index in [2.05, 4.69) is 15.4 Å². The molecular formula is C12H15FN4O2S. The second-order valence-electron chi connectivity index (χ2n) is 4.41. The van der Waals surface area contributed by atoms with Gasteiger partial charge in [-0.2, -0.15) is 4.80 Å². The highest BCUT2D eigenvalue weighted by Crippen LogP contribution is 2.17. The number of rotatable bonds is 5. The van der Waals surface area contributed by atoms with E-state index in [0.29, 0.717) is 17.0 Å². The Bertz CT molecular complexity index is 712. The number of hydrogen-bond donors (Lipinski definition) is 0. The first kappa shape index (κ1) is 14.6. The zero-order chi connectivity index (χ0) is 14.8. The number of halogens is 1. The number of hydrogen-bond acceptors (Lipinski definition) is 5. The normalized spacial score (nSPS) is 11.8. The smallest absolute Gasteiger partial charge is 0.204 e. The minimum Gasteiger partial charge on any atom is -0.229 e. The summed E-state index contributed by atoms with van der Waals surface area (Å²) in [6, 6.07) is 4.53. The largest absolute Gasteiger partial charge is 0.229 e. The minimum absolute atomic E-state index is 0.0260. The molecule has 0 saturated heterocycles.